The molecule has 0 aliphatic rings. The zero-order valence-electron chi connectivity index (χ0n) is 7.47. The molecule has 0 N–H and O–H groups in total. The fourth-order valence-corrected chi connectivity index (χ4v) is 2.87. The molecule has 0 spiro atoms. The van der Waals surface area contributed by atoms with E-state index in [4.69, 9.17) is 0 Å². The molecular weight excluding hydrogens is 343 g/mol. The molecule has 1 atom stereocenters. The minimum absolute atomic E-state index is 0.141. The Balaban J connectivity index is 3.08. The van der Waals surface area contributed by atoms with Crippen molar-refractivity contribution in [3.05, 3.63) is 32.9 Å². The molecule has 1 nitrogen and oxygen atoms in total. The minimum Gasteiger partial charge on any atom is -0.298 e. The maximum Gasteiger partial charge on any atom is 0.147 e. The number of hydrogen-bond donors (Lipinski definition) is 0. The summed E-state index contributed by atoms with van der Waals surface area (Å²) >= 11 is 5.62. The lowest BCUT2D eigenvalue weighted by Crippen LogP contribution is -2.03. The van der Waals surface area contributed by atoms with Crippen LogP contribution in [0, 0.1) is 10.5 Å². The molecule has 1 rings (SSSR count). The first-order chi connectivity index (χ1) is 6.02. The van der Waals surface area contributed by atoms with Crippen LogP contribution >= 0.6 is 38.5 Å². The van der Waals surface area contributed by atoms with E-state index in [1.165, 1.54) is 5.56 Å². The summed E-state index contributed by atoms with van der Waals surface area (Å²) in [5, 5.41) is 0. The lowest BCUT2D eigenvalue weighted by Gasteiger charge is -2.09. The van der Waals surface area contributed by atoms with Crippen molar-refractivity contribution in [2.24, 2.45) is 0 Å². The zero-order chi connectivity index (χ0) is 10.0. The fraction of sp³-hybridized carbons (Fsp3) is 0.300. The molecule has 70 valence electrons. The summed E-state index contributed by atoms with van der Waals surface area (Å²) in [6.45, 7) is 3.64. The largest absolute Gasteiger partial charge is 0.298 e. The van der Waals surface area contributed by atoms with Crippen LogP contribution in [0.3, 0.4) is 0 Å². The van der Waals surface area contributed by atoms with Crippen LogP contribution in [0.5, 0.6) is 0 Å². The van der Waals surface area contributed by atoms with Crippen LogP contribution in [0.25, 0.3) is 0 Å². The van der Waals surface area contributed by atoms with Gasteiger partial charge in [0.1, 0.15) is 5.78 Å². The summed E-state index contributed by atoms with van der Waals surface area (Å²) < 4.78 is 1.13. The van der Waals surface area contributed by atoms with E-state index in [9.17, 15) is 4.79 Å². The van der Waals surface area contributed by atoms with Gasteiger partial charge in [-0.1, -0.05) is 33.6 Å². The third-order valence-electron chi connectivity index (χ3n) is 1.79. The topological polar surface area (TPSA) is 17.1 Å². The van der Waals surface area contributed by atoms with E-state index in [-0.39, 0.29) is 10.6 Å². The van der Waals surface area contributed by atoms with Gasteiger partial charge in [-0.2, -0.15) is 0 Å². The SMILES string of the molecule is CC(=O)C(Br)c1ccc(C)cc1I. The smallest absolute Gasteiger partial charge is 0.147 e. The molecular formula is C10H10BrIO. The number of hydrogen-bond acceptors (Lipinski definition) is 1. The van der Waals surface area contributed by atoms with Gasteiger partial charge in [0.15, 0.2) is 0 Å². The van der Waals surface area contributed by atoms with Gasteiger partial charge in [-0.25, -0.2) is 0 Å². The Hall–Kier alpha value is 0.100. The molecule has 0 bridgehead atoms. The Morgan fingerprint density at radius 1 is 1.54 bits per heavy atom. The number of carbonyl (C=O) groups excluding carboxylic acids is 1. The van der Waals surface area contributed by atoms with Gasteiger partial charge in [0, 0.05) is 3.57 Å². The number of carbonyl (C=O) groups is 1. The van der Waals surface area contributed by atoms with Crippen molar-refractivity contribution >= 4 is 44.3 Å². The first-order valence-corrected chi connectivity index (χ1v) is 5.92. The maximum absolute atomic E-state index is 11.1. The number of Topliss-reactive ketones (excluding diaryl/α,β-unsaturated/α-hetero) is 1. The molecule has 0 radical (unpaired) electrons. The highest BCUT2D eigenvalue weighted by molar-refractivity contribution is 14.1. The molecule has 0 saturated carbocycles. The van der Waals surface area contributed by atoms with E-state index in [1.807, 2.05) is 19.1 Å². The van der Waals surface area contributed by atoms with Crippen LogP contribution in [-0.2, 0) is 4.79 Å². The molecule has 0 aliphatic carbocycles. The van der Waals surface area contributed by atoms with Crippen LogP contribution in [0.4, 0.5) is 0 Å². The molecule has 0 heterocycles. The first-order valence-electron chi connectivity index (χ1n) is 3.93. The minimum atomic E-state index is -0.167. The lowest BCUT2D eigenvalue weighted by atomic mass is 10.1. The number of aryl methyl sites for hydroxylation is 1. The molecule has 0 aromatic heterocycles. The summed E-state index contributed by atoms with van der Waals surface area (Å²) in [6.07, 6.45) is 0. The summed E-state index contributed by atoms with van der Waals surface area (Å²) in [4.78, 5) is 11.0. The van der Waals surface area contributed by atoms with E-state index >= 15 is 0 Å². The highest BCUT2D eigenvalue weighted by Crippen LogP contribution is 2.28. The molecule has 0 aliphatic heterocycles. The Labute approximate surface area is 100 Å². The second kappa shape index (κ2) is 4.55. The summed E-state index contributed by atoms with van der Waals surface area (Å²) in [5.74, 6) is 0.141. The molecule has 0 fully saturated rings. The number of rotatable bonds is 2. The monoisotopic (exact) mass is 352 g/mol. The standard InChI is InChI=1S/C10H10BrIO/c1-6-3-4-8(9(12)5-6)10(11)7(2)13/h3-5,10H,1-2H3. The lowest BCUT2D eigenvalue weighted by molar-refractivity contribution is -0.116. The number of halogens is 2. The van der Waals surface area contributed by atoms with Crippen LogP contribution in [0.2, 0.25) is 0 Å². The van der Waals surface area contributed by atoms with E-state index in [1.54, 1.807) is 6.92 Å². The Bertz CT molecular complexity index is 336. The van der Waals surface area contributed by atoms with Crippen molar-refractivity contribution in [1.82, 2.24) is 0 Å². The van der Waals surface area contributed by atoms with Gasteiger partial charge in [0.25, 0.3) is 0 Å². The van der Waals surface area contributed by atoms with Crippen LogP contribution in [0.15, 0.2) is 18.2 Å². The first kappa shape index (κ1) is 11.2. The van der Waals surface area contributed by atoms with E-state index in [2.05, 4.69) is 44.6 Å². The third kappa shape index (κ3) is 2.77. The third-order valence-corrected chi connectivity index (χ3v) is 3.86. The quantitative estimate of drug-likeness (QED) is 0.586. The van der Waals surface area contributed by atoms with E-state index in [0.29, 0.717) is 0 Å². The fourth-order valence-electron chi connectivity index (χ4n) is 1.06. The summed E-state index contributed by atoms with van der Waals surface area (Å²) in [5.41, 5.74) is 2.27. The predicted molar refractivity (Wildman–Crippen MR) is 66.2 cm³/mol. The van der Waals surface area contributed by atoms with Crippen LogP contribution in [0.1, 0.15) is 22.9 Å². The van der Waals surface area contributed by atoms with Crippen LogP contribution < -0.4 is 0 Å². The molecule has 1 aromatic carbocycles. The highest BCUT2D eigenvalue weighted by atomic mass is 127. The van der Waals surface area contributed by atoms with Gasteiger partial charge in [-0.05, 0) is 48.1 Å². The molecule has 0 amide bonds. The Morgan fingerprint density at radius 2 is 2.15 bits per heavy atom. The molecule has 1 unspecified atom stereocenters. The van der Waals surface area contributed by atoms with Gasteiger partial charge < -0.3 is 0 Å². The normalized spacial score (nSPS) is 12.6. The highest BCUT2D eigenvalue weighted by Gasteiger charge is 2.14. The van der Waals surface area contributed by atoms with Crippen molar-refractivity contribution < 1.29 is 4.79 Å². The van der Waals surface area contributed by atoms with Crippen LogP contribution in [-0.4, -0.2) is 5.78 Å². The predicted octanol–water partition coefficient (Wildman–Crippen LogP) is 3.62. The van der Waals surface area contributed by atoms with Crippen molar-refractivity contribution in [2.45, 2.75) is 18.7 Å². The molecule has 3 heteroatoms. The second-order valence-corrected chi connectivity index (χ2v) is 5.08. The van der Waals surface area contributed by atoms with Crippen molar-refractivity contribution in [3.8, 4) is 0 Å². The van der Waals surface area contributed by atoms with E-state index in [0.717, 1.165) is 9.13 Å². The molecule has 1 aromatic rings. The van der Waals surface area contributed by atoms with Gasteiger partial charge in [0.2, 0.25) is 0 Å². The number of ketones is 1. The maximum atomic E-state index is 11.1. The number of alkyl halides is 1. The molecule has 13 heavy (non-hydrogen) atoms. The average molecular weight is 353 g/mol. The number of benzene rings is 1. The zero-order valence-corrected chi connectivity index (χ0v) is 11.2. The second-order valence-electron chi connectivity index (χ2n) is 3.00. The summed E-state index contributed by atoms with van der Waals surface area (Å²) in [6, 6.07) is 6.10. The van der Waals surface area contributed by atoms with Gasteiger partial charge >= 0.3 is 0 Å². The van der Waals surface area contributed by atoms with Crippen molar-refractivity contribution in [1.29, 1.82) is 0 Å². The van der Waals surface area contributed by atoms with Gasteiger partial charge in [-0.15, -0.1) is 0 Å². The van der Waals surface area contributed by atoms with Crippen molar-refractivity contribution in [3.63, 3.8) is 0 Å². The Morgan fingerprint density at radius 3 is 2.62 bits per heavy atom. The van der Waals surface area contributed by atoms with Gasteiger partial charge in [-0.3, -0.25) is 4.79 Å². The average Bonchev–Trinajstić information content (AvgIpc) is 2.03. The summed E-state index contributed by atoms with van der Waals surface area (Å²) in [7, 11) is 0. The Kier molecular flexibility index (Phi) is 3.91. The molecule has 0 saturated heterocycles. The van der Waals surface area contributed by atoms with E-state index < -0.39 is 0 Å². The van der Waals surface area contributed by atoms with Crippen molar-refractivity contribution in [2.75, 3.05) is 0 Å². The van der Waals surface area contributed by atoms with Gasteiger partial charge in [0.05, 0.1) is 4.83 Å².